The molecule has 5 heteroatoms. The predicted octanol–water partition coefficient (Wildman–Crippen LogP) is 2.55. The number of alkyl halides is 4. The molecule has 56 valence electrons. The van der Waals surface area contributed by atoms with Crippen LogP contribution in [0.25, 0.3) is 0 Å². The van der Waals surface area contributed by atoms with Gasteiger partial charge in [0, 0.05) is 0 Å². The molecule has 0 aliphatic heterocycles. The second kappa shape index (κ2) is 5.37. The first-order valence-electron chi connectivity index (χ1n) is 2.48. The van der Waals surface area contributed by atoms with Crippen LogP contribution in [0.2, 0.25) is 0 Å². The summed E-state index contributed by atoms with van der Waals surface area (Å²) in [4.78, 5) is 0. The van der Waals surface area contributed by atoms with Crippen molar-refractivity contribution in [3.63, 3.8) is 0 Å². The fourth-order valence-corrected chi connectivity index (χ4v) is 10.0. The van der Waals surface area contributed by atoms with Crippen molar-refractivity contribution >= 4 is 59.7 Å². The van der Waals surface area contributed by atoms with Gasteiger partial charge in [0.25, 0.3) is 0 Å². The molecule has 0 aliphatic carbocycles. The Hall–Kier alpha value is 1.70. The quantitative estimate of drug-likeness (QED) is 0.544. The van der Waals surface area contributed by atoms with E-state index in [4.69, 9.17) is 46.4 Å². The van der Waals surface area contributed by atoms with E-state index in [1.54, 1.807) is 0 Å². The third-order valence-corrected chi connectivity index (χ3v) is 17.7. The molecule has 0 aliphatic rings. The first-order chi connectivity index (χ1) is 4.24. The van der Waals surface area contributed by atoms with Crippen molar-refractivity contribution in [2.45, 2.75) is 0 Å². The number of hydrogen-bond acceptors (Lipinski definition) is 0. The van der Waals surface area contributed by atoms with Gasteiger partial charge in [-0.3, -0.25) is 0 Å². The number of hydrogen-bond donors (Lipinski definition) is 0. The molecular formula is C4H8Cl4Ge. The van der Waals surface area contributed by atoms with E-state index < -0.39 is 13.3 Å². The van der Waals surface area contributed by atoms with Crippen molar-refractivity contribution in [2.75, 3.05) is 18.8 Å². The predicted molar refractivity (Wildman–Crippen MR) is 48.6 cm³/mol. The summed E-state index contributed by atoms with van der Waals surface area (Å²) >= 11 is 20.5. The Morgan fingerprint density at radius 1 is 0.667 bits per heavy atom. The maximum absolute atomic E-state index is 5.65. The van der Waals surface area contributed by atoms with Gasteiger partial charge in [0.2, 0.25) is 0 Å². The van der Waals surface area contributed by atoms with Crippen LogP contribution in [0.3, 0.4) is 0 Å². The van der Waals surface area contributed by atoms with Gasteiger partial charge < -0.3 is 0 Å². The van der Waals surface area contributed by atoms with Crippen LogP contribution in [0.1, 0.15) is 0 Å². The van der Waals surface area contributed by atoms with E-state index >= 15 is 0 Å². The Kier molecular flexibility index (Phi) is 6.38. The molecule has 0 aromatic heterocycles. The first-order valence-corrected chi connectivity index (χ1v) is 10.6. The summed E-state index contributed by atoms with van der Waals surface area (Å²) in [5.41, 5.74) is 0. The van der Waals surface area contributed by atoms with Crippen LogP contribution in [-0.2, 0) is 0 Å². The van der Waals surface area contributed by atoms with E-state index in [9.17, 15) is 0 Å². The molecule has 0 nitrogen and oxygen atoms in total. The molecular weight excluding hydrogens is 262 g/mol. The maximum atomic E-state index is 5.65. The van der Waals surface area contributed by atoms with Gasteiger partial charge in [-0.05, 0) is 0 Å². The van der Waals surface area contributed by atoms with Crippen molar-refractivity contribution in [3.05, 3.63) is 0 Å². The van der Waals surface area contributed by atoms with E-state index in [1.807, 2.05) is 0 Å². The van der Waals surface area contributed by atoms with E-state index in [1.165, 1.54) is 0 Å². The Labute approximate surface area is 78.1 Å². The normalized spacial score (nSPS) is 12.0. The van der Waals surface area contributed by atoms with Crippen LogP contribution in [0.5, 0.6) is 0 Å². The Morgan fingerprint density at radius 3 is 0.889 bits per heavy atom. The van der Waals surface area contributed by atoms with Gasteiger partial charge in [-0.2, -0.15) is 0 Å². The minimum absolute atomic E-state index is 0.608. The zero-order valence-electron chi connectivity index (χ0n) is 4.84. The van der Waals surface area contributed by atoms with E-state index in [0.29, 0.717) is 18.8 Å². The van der Waals surface area contributed by atoms with E-state index in [0.717, 1.165) is 0 Å². The summed E-state index contributed by atoms with van der Waals surface area (Å²) in [6.07, 6.45) is 0. The van der Waals surface area contributed by atoms with E-state index in [2.05, 4.69) is 0 Å². The van der Waals surface area contributed by atoms with E-state index in [-0.39, 0.29) is 0 Å². The van der Waals surface area contributed by atoms with Gasteiger partial charge in [0.1, 0.15) is 0 Å². The monoisotopic (exact) mass is 270 g/mol. The van der Waals surface area contributed by atoms with Gasteiger partial charge in [-0.25, -0.2) is 0 Å². The summed E-state index contributed by atoms with van der Waals surface area (Å²) in [5.74, 6) is 0. The number of halogens is 4. The zero-order valence-corrected chi connectivity index (χ0v) is 9.96. The van der Waals surface area contributed by atoms with Gasteiger partial charge in [0.15, 0.2) is 0 Å². The standard InChI is InChI=1S/C4H8Cl4Ge/c5-1-9(2-6,3-7)4-8/h1-4H2. The second-order valence-corrected chi connectivity index (χ2v) is 16.1. The molecule has 0 saturated heterocycles. The summed E-state index contributed by atoms with van der Waals surface area (Å²) in [5, 5.41) is 0. The minimum atomic E-state index is -2.10. The molecule has 0 spiro atoms. The molecule has 0 heterocycles. The van der Waals surface area contributed by atoms with Crippen molar-refractivity contribution < 1.29 is 0 Å². The SMILES string of the molecule is Cl[CH2][Ge]([CH2]Cl)([CH2]Cl)[CH2]Cl. The van der Waals surface area contributed by atoms with Crippen molar-refractivity contribution in [2.24, 2.45) is 0 Å². The third kappa shape index (κ3) is 3.07. The fourth-order valence-electron chi connectivity index (χ4n) is 0.214. The third-order valence-electron chi connectivity index (χ3n) is 1.13. The van der Waals surface area contributed by atoms with Gasteiger partial charge in [-0.15, -0.1) is 0 Å². The van der Waals surface area contributed by atoms with Crippen LogP contribution in [-0.4, -0.2) is 32.1 Å². The molecule has 0 N–H and O–H groups in total. The molecule has 0 rings (SSSR count). The van der Waals surface area contributed by atoms with Gasteiger partial charge in [-0.1, -0.05) is 0 Å². The second-order valence-electron chi connectivity index (χ2n) is 2.03. The molecule has 0 aromatic rings. The summed E-state index contributed by atoms with van der Waals surface area (Å²) in [6.45, 7) is 0. The molecule has 0 bridgehead atoms. The molecule has 0 aromatic carbocycles. The van der Waals surface area contributed by atoms with Crippen LogP contribution in [0.15, 0.2) is 0 Å². The molecule has 0 radical (unpaired) electrons. The molecule has 0 saturated carbocycles. The van der Waals surface area contributed by atoms with Crippen molar-refractivity contribution in [1.29, 1.82) is 0 Å². The average molecular weight is 271 g/mol. The average Bonchev–Trinajstić information content (AvgIpc) is 1.95. The first kappa shape index (κ1) is 10.7. The molecule has 0 amide bonds. The fraction of sp³-hybridized carbons (Fsp3) is 1.00. The molecule has 9 heavy (non-hydrogen) atoms. The molecule has 0 atom stereocenters. The summed E-state index contributed by atoms with van der Waals surface area (Å²) < 4.78 is 2.43. The Balaban J connectivity index is 3.82. The van der Waals surface area contributed by atoms with Gasteiger partial charge >= 0.3 is 78.5 Å². The summed E-state index contributed by atoms with van der Waals surface area (Å²) in [7, 11) is 0. The topological polar surface area (TPSA) is 0 Å². The molecule has 0 unspecified atom stereocenters. The number of rotatable bonds is 4. The van der Waals surface area contributed by atoms with Crippen molar-refractivity contribution in [1.82, 2.24) is 0 Å². The van der Waals surface area contributed by atoms with Crippen LogP contribution in [0, 0.1) is 0 Å². The molecule has 0 fully saturated rings. The van der Waals surface area contributed by atoms with Crippen LogP contribution in [0.4, 0.5) is 0 Å². The van der Waals surface area contributed by atoms with Crippen LogP contribution >= 0.6 is 46.4 Å². The summed E-state index contributed by atoms with van der Waals surface area (Å²) in [6, 6.07) is 0. The van der Waals surface area contributed by atoms with Crippen molar-refractivity contribution in [3.8, 4) is 0 Å². The zero-order chi connectivity index (χ0) is 7.33. The Morgan fingerprint density at radius 2 is 0.889 bits per heavy atom. The van der Waals surface area contributed by atoms with Crippen LogP contribution < -0.4 is 0 Å². The Bertz CT molecular complexity index is 55.5. The van der Waals surface area contributed by atoms with Gasteiger partial charge in [0.05, 0.1) is 0 Å².